The SMILES string of the molecule is CCc1ccccc1NC(=O)CN1CCN(S(=O)(=O)c2cccc(F)c2)CC1. The van der Waals surface area contributed by atoms with E-state index < -0.39 is 15.8 Å². The fourth-order valence-electron chi connectivity index (χ4n) is 3.25. The summed E-state index contributed by atoms with van der Waals surface area (Å²) >= 11 is 0. The molecule has 0 saturated carbocycles. The first-order chi connectivity index (χ1) is 13.4. The molecule has 28 heavy (non-hydrogen) atoms. The van der Waals surface area contributed by atoms with Crippen LogP contribution in [0.2, 0.25) is 0 Å². The molecule has 1 aliphatic heterocycles. The van der Waals surface area contributed by atoms with Crippen LogP contribution in [-0.4, -0.2) is 56.3 Å². The Kier molecular flexibility index (Phi) is 6.43. The van der Waals surface area contributed by atoms with Crippen LogP contribution in [0.1, 0.15) is 12.5 Å². The van der Waals surface area contributed by atoms with E-state index in [4.69, 9.17) is 0 Å². The van der Waals surface area contributed by atoms with Gasteiger partial charge >= 0.3 is 0 Å². The molecular formula is C20H24FN3O3S. The number of piperazine rings is 1. The predicted octanol–water partition coefficient (Wildman–Crippen LogP) is 2.33. The lowest BCUT2D eigenvalue weighted by Crippen LogP contribution is -2.50. The molecule has 6 nitrogen and oxygen atoms in total. The number of benzene rings is 2. The quantitative estimate of drug-likeness (QED) is 0.801. The van der Waals surface area contributed by atoms with Gasteiger partial charge in [0, 0.05) is 31.9 Å². The molecule has 2 aromatic carbocycles. The monoisotopic (exact) mass is 405 g/mol. The van der Waals surface area contributed by atoms with Gasteiger partial charge in [-0.2, -0.15) is 4.31 Å². The molecule has 1 saturated heterocycles. The van der Waals surface area contributed by atoms with Crippen molar-refractivity contribution < 1.29 is 17.6 Å². The minimum absolute atomic E-state index is 0.0464. The van der Waals surface area contributed by atoms with E-state index in [0.29, 0.717) is 13.1 Å². The van der Waals surface area contributed by atoms with Crippen LogP contribution < -0.4 is 5.32 Å². The number of carbonyl (C=O) groups excluding carboxylic acids is 1. The Balaban J connectivity index is 1.56. The largest absolute Gasteiger partial charge is 0.325 e. The summed E-state index contributed by atoms with van der Waals surface area (Å²) in [4.78, 5) is 14.2. The van der Waals surface area contributed by atoms with E-state index in [9.17, 15) is 17.6 Å². The number of rotatable bonds is 6. The second kappa shape index (κ2) is 8.81. The third-order valence-corrected chi connectivity index (χ3v) is 6.70. The molecule has 3 rings (SSSR count). The van der Waals surface area contributed by atoms with Crippen LogP contribution in [0.5, 0.6) is 0 Å². The molecule has 150 valence electrons. The molecule has 1 amide bonds. The summed E-state index contributed by atoms with van der Waals surface area (Å²) < 4.78 is 40.0. The van der Waals surface area contributed by atoms with Crippen molar-refractivity contribution in [2.45, 2.75) is 18.2 Å². The number of nitrogens with one attached hydrogen (secondary N) is 1. The van der Waals surface area contributed by atoms with Crippen molar-refractivity contribution in [1.29, 1.82) is 0 Å². The average molecular weight is 405 g/mol. The van der Waals surface area contributed by atoms with Gasteiger partial charge in [-0.15, -0.1) is 0 Å². The highest BCUT2D eigenvalue weighted by molar-refractivity contribution is 7.89. The zero-order chi connectivity index (χ0) is 20.1. The third kappa shape index (κ3) is 4.76. The fraction of sp³-hybridized carbons (Fsp3) is 0.350. The summed E-state index contributed by atoms with van der Waals surface area (Å²) in [6, 6.07) is 12.7. The van der Waals surface area contributed by atoms with Gasteiger partial charge in [0.05, 0.1) is 11.4 Å². The molecule has 0 aliphatic carbocycles. The standard InChI is InChI=1S/C20H24FN3O3S/c1-2-16-6-3-4-9-19(16)22-20(25)15-23-10-12-24(13-11-23)28(26,27)18-8-5-7-17(21)14-18/h3-9,14H,2,10-13,15H2,1H3,(H,22,25). The lowest BCUT2D eigenvalue weighted by Gasteiger charge is -2.33. The second-order valence-electron chi connectivity index (χ2n) is 6.70. The van der Waals surface area contributed by atoms with Gasteiger partial charge in [0.1, 0.15) is 5.82 Å². The number of hydrogen-bond acceptors (Lipinski definition) is 4. The maximum Gasteiger partial charge on any atom is 0.243 e. The Bertz CT molecular complexity index is 941. The van der Waals surface area contributed by atoms with Gasteiger partial charge in [-0.05, 0) is 36.2 Å². The zero-order valence-electron chi connectivity index (χ0n) is 15.8. The van der Waals surface area contributed by atoms with Gasteiger partial charge in [-0.1, -0.05) is 31.2 Å². The number of nitrogens with zero attached hydrogens (tertiary/aromatic N) is 2. The number of hydrogen-bond donors (Lipinski definition) is 1. The van der Waals surface area contributed by atoms with Gasteiger partial charge in [-0.3, -0.25) is 9.69 Å². The number of aryl methyl sites for hydroxylation is 1. The number of para-hydroxylation sites is 1. The average Bonchev–Trinajstić information content (AvgIpc) is 2.69. The molecule has 1 N–H and O–H groups in total. The number of carbonyl (C=O) groups is 1. The molecule has 1 fully saturated rings. The highest BCUT2D eigenvalue weighted by Crippen LogP contribution is 2.19. The van der Waals surface area contributed by atoms with Gasteiger partial charge in [-0.25, -0.2) is 12.8 Å². The third-order valence-electron chi connectivity index (χ3n) is 4.80. The van der Waals surface area contributed by atoms with E-state index in [0.717, 1.165) is 23.7 Å². The van der Waals surface area contributed by atoms with Crippen molar-refractivity contribution >= 4 is 21.6 Å². The number of halogens is 1. The van der Waals surface area contributed by atoms with Crippen LogP contribution in [-0.2, 0) is 21.2 Å². The smallest absolute Gasteiger partial charge is 0.243 e. The van der Waals surface area contributed by atoms with Crippen molar-refractivity contribution in [2.24, 2.45) is 0 Å². The maximum absolute atomic E-state index is 13.4. The summed E-state index contributed by atoms with van der Waals surface area (Å²) in [7, 11) is -3.73. The van der Waals surface area contributed by atoms with Crippen molar-refractivity contribution in [1.82, 2.24) is 9.21 Å². The second-order valence-corrected chi connectivity index (χ2v) is 8.63. The molecule has 0 unspecified atom stereocenters. The Labute approximate surface area is 165 Å². The van der Waals surface area contributed by atoms with E-state index in [1.54, 1.807) is 0 Å². The molecule has 0 spiro atoms. The molecular weight excluding hydrogens is 381 g/mol. The normalized spacial score (nSPS) is 16.1. The van der Waals surface area contributed by atoms with Crippen LogP contribution in [0, 0.1) is 5.82 Å². The van der Waals surface area contributed by atoms with Crippen molar-refractivity contribution in [3.05, 3.63) is 59.9 Å². The zero-order valence-corrected chi connectivity index (χ0v) is 16.6. The van der Waals surface area contributed by atoms with Crippen LogP contribution in [0.3, 0.4) is 0 Å². The lowest BCUT2D eigenvalue weighted by atomic mass is 10.1. The van der Waals surface area contributed by atoms with Gasteiger partial charge in [0.25, 0.3) is 0 Å². The Morgan fingerprint density at radius 2 is 1.79 bits per heavy atom. The fourth-order valence-corrected chi connectivity index (χ4v) is 4.70. The molecule has 0 aromatic heterocycles. The maximum atomic E-state index is 13.4. The topological polar surface area (TPSA) is 69.7 Å². The first kappa shape index (κ1) is 20.4. The van der Waals surface area contributed by atoms with Gasteiger partial charge < -0.3 is 5.32 Å². The molecule has 1 aliphatic rings. The first-order valence-corrected chi connectivity index (χ1v) is 10.7. The van der Waals surface area contributed by atoms with E-state index >= 15 is 0 Å². The number of amides is 1. The van der Waals surface area contributed by atoms with Crippen LogP contribution >= 0.6 is 0 Å². The van der Waals surface area contributed by atoms with Crippen molar-refractivity contribution in [3.63, 3.8) is 0 Å². The highest BCUT2D eigenvalue weighted by atomic mass is 32.2. The molecule has 0 atom stereocenters. The van der Waals surface area contributed by atoms with Gasteiger partial charge in [0.2, 0.25) is 15.9 Å². The van der Waals surface area contributed by atoms with Crippen LogP contribution in [0.4, 0.5) is 10.1 Å². The van der Waals surface area contributed by atoms with Gasteiger partial charge in [0.15, 0.2) is 0 Å². The molecule has 2 aromatic rings. The Hall–Kier alpha value is -2.29. The summed E-state index contributed by atoms with van der Waals surface area (Å²) in [5, 5.41) is 2.93. The van der Waals surface area contributed by atoms with E-state index in [1.807, 2.05) is 36.1 Å². The predicted molar refractivity (Wildman–Crippen MR) is 106 cm³/mol. The van der Waals surface area contributed by atoms with E-state index in [1.165, 1.54) is 22.5 Å². The minimum Gasteiger partial charge on any atom is -0.325 e. The Morgan fingerprint density at radius 1 is 1.07 bits per heavy atom. The summed E-state index contributed by atoms with van der Waals surface area (Å²) in [5.41, 5.74) is 1.88. The van der Waals surface area contributed by atoms with E-state index in [2.05, 4.69) is 5.32 Å². The first-order valence-electron chi connectivity index (χ1n) is 9.26. The molecule has 1 heterocycles. The van der Waals surface area contributed by atoms with Crippen molar-refractivity contribution in [2.75, 3.05) is 38.0 Å². The summed E-state index contributed by atoms with van der Waals surface area (Å²) in [6.45, 7) is 3.64. The molecule has 0 radical (unpaired) electrons. The Morgan fingerprint density at radius 3 is 2.46 bits per heavy atom. The highest BCUT2D eigenvalue weighted by Gasteiger charge is 2.29. The lowest BCUT2D eigenvalue weighted by molar-refractivity contribution is -0.117. The number of sulfonamides is 1. The number of anilines is 1. The molecule has 0 bridgehead atoms. The summed E-state index contributed by atoms with van der Waals surface area (Å²) in [6.07, 6.45) is 0.826. The van der Waals surface area contributed by atoms with Crippen molar-refractivity contribution in [3.8, 4) is 0 Å². The van der Waals surface area contributed by atoms with E-state index in [-0.39, 0.29) is 30.4 Å². The summed E-state index contributed by atoms with van der Waals surface area (Å²) in [5.74, 6) is -0.703. The molecule has 8 heteroatoms. The van der Waals surface area contributed by atoms with Crippen LogP contribution in [0.25, 0.3) is 0 Å². The minimum atomic E-state index is -3.73. The van der Waals surface area contributed by atoms with Crippen LogP contribution in [0.15, 0.2) is 53.4 Å².